The van der Waals surface area contributed by atoms with Crippen LogP contribution in [0.1, 0.15) is 40.4 Å². The summed E-state index contributed by atoms with van der Waals surface area (Å²) in [7, 11) is 0. The van der Waals surface area contributed by atoms with E-state index in [2.05, 4.69) is 0 Å². The van der Waals surface area contributed by atoms with E-state index < -0.39 is 17.4 Å². The van der Waals surface area contributed by atoms with Crippen LogP contribution in [0.3, 0.4) is 0 Å². The molecule has 244 valence electrons. The molecule has 3 heterocycles. The number of rotatable bonds is 7. The Morgan fingerprint density at radius 1 is 0.857 bits per heavy atom. The van der Waals surface area contributed by atoms with Crippen molar-refractivity contribution in [1.29, 1.82) is 0 Å². The maximum Gasteiger partial charge on any atom is 0.268 e. The fraction of sp³-hybridized carbons (Fsp3) is 0.195. The summed E-state index contributed by atoms with van der Waals surface area (Å²) < 4.78 is 0. The van der Waals surface area contributed by atoms with Crippen molar-refractivity contribution in [2.45, 2.75) is 38.0 Å². The monoisotopic (exact) mass is 649 g/mol. The molecule has 0 aromatic heterocycles. The van der Waals surface area contributed by atoms with Gasteiger partial charge in [-0.3, -0.25) is 24.2 Å². The van der Waals surface area contributed by atoms with Crippen LogP contribution in [0.4, 0.5) is 22.7 Å². The number of para-hydroxylation sites is 1. The molecular weight excluding hydrogens is 614 g/mol. The number of carbonyl (C=O) groups excluding carboxylic acids is 3. The minimum Gasteiger partial charge on any atom is -0.394 e. The number of benzene rings is 5. The molecule has 3 aliphatic heterocycles. The average molecular weight is 650 g/mol. The molecule has 0 saturated carbocycles. The second-order valence-electron chi connectivity index (χ2n) is 13.0. The lowest BCUT2D eigenvalue weighted by atomic mass is 9.82. The average Bonchev–Trinajstić information content (AvgIpc) is 3.55. The van der Waals surface area contributed by atoms with Gasteiger partial charge in [0.05, 0.1) is 29.6 Å². The van der Waals surface area contributed by atoms with Crippen molar-refractivity contribution in [3.63, 3.8) is 0 Å². The van der Waals surface area contributed by atoms with Crippen molar-refractivity contribution in [3.05, 3.63) is 144 Å². The molecule has 3 aliphatic rings. The summed E-state index contributed by atoms with van der Waals surface area (Å²) in [5.74, 6) is -1.56. The summed E-state index contributed by atoms with van der Waals surface area (Å²) in [6.07, 6.45) is 4.04. The first-order chi connectivity index (χ1) is 23.8. The molecule has 5 aromatic carbocycles. The third kappa shape index (κ3) is 4.78. The largest absolute Gasteiger partial charge is 0.394 e. The first kappa shape index (κ1) is 30.7. The molecule has 0 bridgehead atoms. The standard InChI is InChI=1S/C41H35N3O5/c1-26(10-7-19-37(46)42-24-29-12-6-5-11-28(29)22-32(42)25-45)41(49)34-23-31(20-21-35(34)44(40(41)48)30-15-3-2-4-16-30)43-36-18-9-14-27-13-8-17-33(38(27)36)39(43)47/h2-18,20-21,23,26,32,45,49H,19,22,24-25H2,1H3/b10-7+/t26-,32-,41+/m0/s1. The first-order valence-corrected chi connectivity index (χ1v) is 16.6. The first-order valence-electron chi connectivity index (χ1n) is 16.6. The third-order valence-corrected chi connectivity index (χ3v) is 10.3. The highest BCUT2D eigenvalue weighted by Gasteiger charge is 2.53. The zero-order valence-corrected chi connectivity index (χ0v) is 27.0. The van der Waals surface area contributed by atoms with E-state index in [1.807, 2.05) is 97.1 Å². The van der Waals surface area contributed by atoms with Crippen LogP contribution in [0.2, 0.25) is 0 Å². The molecule has 8 rings (SSSR count). The van der Waals surface area contributed by atoms with Crippen LogP contribution in [0.5, 0.6) is 0 Å². The summed E-state index contributed by atoms with van der Waals surface area (Å²) >= 11 is 0. The van der Waals surface area contributed by atoms with Gasteiger partial charge in [0.25, 0.3) is 11.8 Å². The number of nitrogens with zero attached hydrogens (tertiary/aromatic N) is 3. The van der Waals surface area contributed by atoms with Crippen LogP contribution in [-0.2, 0) is 28.2 Å². The van der Waals surface area contributed by atoms with Gasteiger partial charge in [0.2, 0.25) is 5.91 Å². The van der Waals surface area contributed by atoms with Gasteiger partial charge >= 0.3 is 0 Å². The zero-order valence-electron chi connectivity index (χ0n) is 27.0. The Labute approximate surface area is 284 Å². The number of aliphatic hydroxyl groups is 2. The number of aliphatic hydroxyl groups excluding tert-OH is 1. The lowest BCUT2D eigenvalue weighted by Gasteiger charge is -2.36. The predicted molar refractivity (Wildman–Crippen MR) is 189 cm³/mol. The summed E-state index contributed by atoms with van der Waals surface area (Å²) in [5.41, 5.74) is 3.62. The lowest BCUT2D eigenvalue weighted by Crippen LogP contribution is -2.46. The van der Waals surface area contributed by atoms with Gasteiger partial charge in [-0.25, -0.2) is 0 Å². The molecule has 8 nitrogen and oxygen atoms in total. The van der Waals surface area contributed by atoms with E-state index in [0.29, 0.717) is 41.2 Å². The van der Waals surface area contributed by atoms with Crippen LogP contribution >= 0.6 is 0 Å². The van der Waals surface area contributed by atoms with Gasteiger partial charge in [-0.1, -0.05) is 85.8 Å². The molecule has 0 fully saturated rings. The fourth-order valence-corrected chi connectivity index (χ4v) is 7.68. The van der Waals surface area contributed by atoms with Crippen LogP contribution in [0.15, 0.2) is 121 Å². The number of carbonyl (C=O) groups is 3. The Bertz CT molecular complexity index is 2170. The van der Waals surface area contributed by atoms with Gasteiger partial charge in [0.15, 0.2) is 5.60 Å². The second kappa shape index (κ2) is 11.8. The molecule has 0 unspecified atom stereocenters. The van der Waals surface area contributed by atoms with Crippen molar-refractivity contribution in [2.24, 2.45) is 5.92 Å². The molecule has 49 heavy (non-hydrogen) atoms. The highest BCUT2D eigenvalue weighted by Crippen LogP contribution is 2.51. The molecule has 0 aliphatic carbocycles. The van der Waals surface area contributed by atoms with Gasteiger partial charge < -0.3 is 15.1 Å². The molecule has 0 spiro atoms. The minimum absolute atomic E-state index is 0.0487. The topological polar surface area (TPSA) is 101 Å². The SMILES string of the molecule is C[C@@H](/C=C/CC(=O)N1Cc2ccccc2C[C@H]1CO)[C@]1(O)C(=O)N(c2ccccc2)c2ccc(N3C(=O)c4cccc5cccc3c45)cc21. The quantitative estimate of drug-likeness (QED) is 0.196. The summed E-state index contributed by atoms with van der Waals surface area (Å²) in [5, 5.41) is 24.4. The summed E-state index contributed by atoms with van der Waals surface area (Å²) in [6.45, 7) is 2.04. The number of hydrogen-bond donors (Lipinski definition) is 2. The maximum absolute atomic E-state index is 14.4. The van der Waals surface area contributed by atoms with Crippen LogP contribution in [0, 0.1) is 5.92 Å². The molecule has 0 radical (unpaired) electrons. The van der Waals surface area contributed by atoms with E-state index >= 15 is 0 Å². The number of amides is 3. The van der Waals surface area contributed by atoms with E-state index in [9.17, 15) is 24.6 Å². The molecule has 3 amide bonds. The predicted octanol–water partition coefficient (Wildman–Crippen LogP) is 6.53. The second-order valence-corrected chi connectivity index (χ2v) is 13.0. The minimum atomic E-state index is -1.99. The Balaban J connectivity index is 1.13. The highest BCUT2D eigenvalue weighted by molar-refractivity contribution is 6.28. The van der Waals surface area contributed by atoms with Crippen molar-refractivity contribution in [3.8, 4) is 0 Å². The fourth-order valence-electron chi connectivity index (χ4n) is 7.68. The third-order valence-electron chi connectivity index (χ3n) is 10.3. The molecular formula is C41H35N3O5. The van der Waals surface area contributed by atoms with Crippen LogP contribution in [0.25, 0.3) is 10.8 Å². The Hall–Kier alpha value is -5.57. The zero-order chi connectivity index (χ0) is 33.9. The van der Waals surface area contributed by atoms with E-state index in [0.717, 1.165) is 27.6 Å². The molecule has 5 aromatic rings. The van der Waals surface area contributed by atoms with E-state index in [-0.39, 0.29) is 30.9 Å². The Kier molecular flexibility index (Phi) is 7.43. The van der Waals surface area contributed by atoms with Gasteiger partial charge in [0, 0.05) is 41.2 Å². The van der Waals surface area contributed by atoms with Gasteiger partial charge in [0.1, 0.15) is 0 Å². The van der Waals surface area contributed by atoms with Gasteiger partial charge in [-0.05, 0) is 65.4 Å². The van der Waals surface area contributed by atoms with Gasteiger partial charge in [-0.15, -0.1) is 0 Å². The smallest absolute Gasteiger partial charge is 0.268 e. The molecule has 8 heteroatoms. The van der Waals surface area contributed by atoms with E-state index in [4.69, 9.17) is 0 Å². The maximum atomic E-state index is 14.4. The number of anilines is 4. The van der Waals surface area contributed by atoms with Crippen molar-refractivity contribution in [1.82, 2.24) is 4.90 Å². The van der Waals surface area contributed by atoms with Crippen molar-refractivity contribution in [2.75, 3.05) is 16.4 Å². The van der Waals surface area contributed by atoms with E-state index in [1.54, 1.807) is 41.0 Å². The van der Waals surface area contributed by atoms with Crippen molar-refractivity contribution >= 4 is 51.2 Å². The molecule has 3 atom stereocenters. The van der Waals surface area contributed by atoms with E-state index in [1.165, 1.54) is 4.90 Å². The lowest BCUT2D eigenvalue weighted by molar-refractivity contribution is -0.138. The Morgan fingerprint density at radius 2 is 1.59 bits per heavy atom. The normalized spacial score (nSPS) is 20.3. The van der Waals surface area contributed by atoms with Crippen molar-refractivity contribution < 1.29 is 24.6 Å². The molecule has 0 saturated heterocycles. The number of fused-ring (bicyclic) bond motifs is 2. The summed E-state index contributed by atoms with van der Waals surface area (Å²) in [6, 6.07) is 33.6. The van der Waals surface area contributed by atoms with Crippen LogP contribution in [-0.4, -0.2) is 45.5 Å². The van der Waals surface area contributed by atoms with Crippen LogP contribution < -0.4 is 9.80 Å². The highest BCUT2D eigenvalue weighted by atomic mass is 16.3. The van der Waals surface area contributed by atoms with Gasteiger partial charge in [-0.2, -0.15) is 0 Å². The Morgan fingerprint density at radius 3 is 2.37 bits per heavy atom. The number of hydrogen-bond acceptors (Lipinski definition) is 5. The summed E-state index contributed by atoms with van der Waals surface area (Å²) in [4.78, 5) is 46.5. The molecule has 2 N–H and O–H groups in total.